The quantitative estimate of drug-likeness (QED) is 0.533. The molecule has 0 amide bonds. The number of rotatable bonds is 2. The van der Waals surface area contributed by atoms with Crippen molar-refractivity contribution in [3.8, 4) is 0 Å². The van der Waals surface area contributed by atoms with Crippen LogP contribution in [0.1, 0.15) is 21.2 Å². The van der Waals surface area contributed by atoms with Crippen LogP contribution in [0.2, 0.25) is 0 Å². The molecule has 0 saturated heterocycles. The normalized spacial score (nSPS) is 9.04. The van der Waals surface area contributed by atoms with E-state index >= 15 is 0 Å². The van der Waals surface area contributed by atoms with Crippen LogP contribution in [0.5, 0.6) is 0 Å². The Bertz CT molecular complexity index is 618. The minimum atomic E-state index is -1.61. The standard InChI is InChI=1S/2C5H4N2O4.Ca/c2*8-4(9)3-6-1-2-7(3)5(10)11;/h2*1-2H,(H,8,9)(H,10,11);/q;;+2/p-2. The van der Waals surface area contributed by atoms with Crippen LogP contribution in [0.3, 0.4) is 0 Å². The van der Waals surface area contributed by atoms with Crippen molar-refractivity contribution in [3.05, 3.63) is 36.4 Å². The van der Waals surface area contributed by atoms with E-state index in [0.29, 0.717) is 9.13 Å². The molecule has 0 aliphatic heterocycles. The molecule has 2 aromatic rings. The Morgan fingerprint density at radius 2 is 1.13 bits per heavy atom. The van der Waals surface area contributed by atoms with E-state index < -0.39 is 35.8 Å². The van der Waals surface area contributed by atoms with Gasteiger partial charge in [-0.15, -0.1) is 0 Å². The minimum absolute atomic E-state index is 0. The van der Waals surface area contributed by atoms with Gasteiger partial charge in [0.05, 0.1) is 0 Å². The number of imidazole rings is 2. The van der Waals surface area contributed by atoms with Gasteiger partial charge < -0.3 is 30.0 Å². The van der Waals surface area contributed by atoms with E-state index in [1.54, 1.807) is 0 Å². The number of carbonyl (C=O) groups is 4. The number of hydrogen-bond acceptors (Lipinski definition) is 8. The van der Waals surface area contributed by atoms with Crippen LogP contribution in [0.4, 0.5) is 9.59 Å². The zero-order chi connectivity index (χ0) is 16.9. The molecule has 0 spiro atoms. The summed E-state index contributed by atoms with van der Waals surface area (Å²) in [5, 5.41) is 36.9. The van der Waals surface area contributed by atoms with Crippen molar-refractivity contribution < 1.29 is 39.6 Å². The molecule has 0 fully saturated rings. The van der Waals surface area contributed by atoms with Crippen LogP contribution in [-0.2, 0) is 0 Å². The van der Waals surface area contributed by atoms with E-state index in [9.17, 15) is 29.4 Å². The van der Waals surface area contributed by atoms with Gasteiger partial charge in [0.2, 0.25) is 0 Å². The number of nitrogens with zero attached hydrogens (tertiary/aromatic N) is 4. The van der Waals surface area contributed by atoms with Gasteiger partial charge in [-0.3, -0.25) is 0 Å². The first-order valence-corrected chi connectivity index (χ1v) is 5.21. The van der Waals surface area contributed by atoms with E-state index in [1.165, 1.54) is 0 Å². The molecule has 2 N–H and O–H groups in total. The predicted octanol–water partition coefficient (Wildman–Crippen LogP) is -2.84. The summed E-state index contributed by atoms with van der Waals surface area (Å²) in [6, 6.07) is 0. The third kappa shape index (κ3) is 5.36. The summed E-state index contributed by atoms with van der Waals surface area (Å²) < 4.78 is 0.935. The molecule has 0 radical (unpaired) electrons. The van der Waals surface area contributed by atoms with Crippen LogP contribution < -0.4 is 10.2 Å². The van der Waals surface area contributed by atoms with Gasteiger partial charge in [-0.25, -0.2) is 28.7 Å². The van der Waals surface area contributed by atoms with Gasteiger partial charge in [-0.2, -0.15) is 0 Å². The molecule has 0 bridgehead atoms. The third-order valence-corrected chi connectivity index (χ3v) is 2.06. The second-order valence-electron chi connectivity index (χ2n) is 3.38. The van der Waals surface area contributed by atoms with Crippen molar-refractivity contribution in [2.75, 3.05) is 0 Å². The molecule has 23 heavy (non-hydrogen) atoms. The maximum atomic E-state index is 10.2. The molecule has 0 saturated carbocycles. The van der Waals surface area contributed by atoms with Gasteiger partial charge in [0.25, 0.3) is 0 Å². The second-order valence-corrected chi connectivity index (χ2v) is 3.38. The Hall–Kier alpha value is -2.44. The molecule has 0 aromatic carbocycles. The molecule has 12 nitrogen and oxygen atoms in total. The third-order valence-electron chi connectivity index (χ3n) is 2.06. The fourth-order valence-corrected chi connectivity index (χ4v) is 1.22. The average molecular weight is 350 g/mol. The molecule has 2 heterocycles. The van der Waals surface area contributed by atoms with Crippen LogP contribution in [0.15, 0.2) is 24.8 Å². The SMILES string of the molecule is O=C([O-])c1nccn1C(=O)O.O=C([O-])c1nccn1C(=O)O.[Ca+2]. The Kier molecular flexibility index (Phi) is 7.93. The van der Waals surface area contributed by atoms with Crippen molar-refractivity contribution in [2.45, 2.75) is 0 Å². The van der Waals surface area contributed by atoms with Crippen LogP contribution in [-0.4, -0.2) is 91.2 Å². The summed E-state index contributed by atoms with van der Waals surface area (Å²) in [7, 11) is 0. The molecule has 116 valence electrons. The van der Waals surface area contributed by atoms with Crippen molar-refractivity contribution in [3.63, 3.8) is 0 Å². The van der Waals surface area contributed by atoms with E-state index in [-0.39, 0.29) is 37.7 Å². The van der Waals surface area contributed by atoms with E-state index in [1.807, 2.05) is 0 Å². The number of hydrogen-bond donors (Lipinski definition) is 2. The van der Waals surface area contributed by atoms with E-state index in [4.69, 9.17) is 10.2 Å². The first-order chi connectivity index (χ1) is 10.3. The maximum absolute atomic E-state index is 10.2. The second kappa shape index (κ2) is 8.87. The number of carboxylic acid groups (broad SMARTS) is 4. The van der Waals surface area contributed by atoms with Crippen LogP contribution >= 0.6 is 0 Å². The Morgan fingerprint density at radius 1 is 0.826 bits per heavy atom. The van der Waals surface area contributed by atoms with Gasteiger partial charge >= 0.3 is 49.9 Å². The van der Waals surface area contributed by atoms with E-state index in [2.05, 4.69) is 9.97 Å². The Balaban J connectivity index is 0.000000403. The molecular formula is C10H6CaN4O8. The number of carboxylic acids is 2. The first-order valence-electron chi connectivity index (χ1n) is 5.21. The summed E-state index contributed by atoms with van der Waals surface area (Å²) in [6.07, 6.45) is 1.38. The Morgan fingerprint density at radius 3 is 1.30 bits per heavy atom. The van der Waals surface area contributed by atoms with Crippen molar-refractivity contribution in [1.82, 2.24) is 19.1 Å². The average Bonchev–Trinajstić information content (AvgIpc) is 3.08. The van der Waals surface area contributed by atoms with E-state index in [0.717, 1.165) is 24.8 Å². The molecule has 0 aliphatic carbocycles. The summed E-state index contributed by atoms with van der Waals surface area (Å²) in [5.74, 6) is -4.45. The predicted molar refractivity (Wildman–Crippen MR) is 65.7 cm³/mol. The van der Waals surface area contributed by atoms with Crippen molar-refractivity contribution in [1.29, 1.82) is 0 Å². The molecule has 0 unspecified atom stereocenters. The summed E-state index contributed by atoms with van der Waals surface area (Å²) in [6.45, 7) is 0. The smallest absolute Gasteiger partial charge is 0.542 e. The van der Waals surface area contributed by atoms with Crippen molar-refractivity contribution in [2.24, 2.45) is 0 Å². The minimum Gasteiger partial charge on any atom is -0.542 e. The fourth-order valence-electron chi connectivity index (χ4n) is 1.22. The van der Waals surface area contributed by atoms with Gasteiger partial charge in [0, 0.05) is 24.8 Å². The van der Waals surface area contributed by atoms with Crippen LogP contribution in [0.25, 0.3) is 0 Å². The molecule has 2 aromatic heterocycles. The number of carbonyl (C=O) groups excluding carboxylic acids is 2. The monoisotopic (exact) mass is 350 g/mol. The zero-order valence-corrected chi connectivity index (χ0v) is 13.4. The topological polar surface area (TPSA) is 190 Å². The van der Waals surface area contributed by atoms with Gasteiger partial charge in [0.1, 0.15) is 11.9 Å². The summed E-state index contributed by atoms with van der Waals surface area (Å²) in [5.41, 5.74) is 0. The fraction of sp³-hybridized carbons (Fsp3) is 0. The van der Waals surface area contributed by atoms with Crippen LogP contribution in [0, 0.1) is 0 Å². The molecular weight excluding hydrogens is 344 g/mol. The zero-order valence-electron chi connectivity index (χ0n) is 11.1. The largest absolute Gasteiger partial charge is 2.00 e. The van der Waals surface area contributed by atoms with Gasteiger partial charge in [-0.1, -0.05) is 0 Å². The maximum Gasteiger partial charge on any atom is 2.00 e. The van der Waals surface area contributed by atoms with Crippen molar-refractivity contribution >= 4 is 61.9 Å². The Labute approximate surface area is 156 Å². The summed E-state index contributed by atoms with van der Waals surface area (Å²) >= 11 is 0. The number of aromatic nitrogens is 4. The number of aromatic carboxylic acids is 2. The van der Waals surface area contributed by atoms with Gasteiger partial charge in [-0.05, 0) is 0 Å². The van der Waals surface area contributed by atoms with Gasteiger partial charge in [0.15, 0.2) is 11.6 Å². The molecule has 2 rings (SSSR count). The first kappa shape index (κ1) is 20.6. The molecule has 0 aliphatic rings. The summed E-state index contributed by atoms with van der Waals surface area (Å²) in [4.78, 5) is 47.2. The molecule has 13 heteroatoms. The molecule has 0 atom stereocenters.